The van der Waals surface area contributed by atoms with E-state index in [-0.39, 0.29) is 12.0 Å². The van der Waals surface area contributed by atoms with E-state index in [0.29, 0.717) is 17.1 Å². The maximum absolute atomic E-state index is 11.0. The number of aromatic carboxylic acids is 1. The summed E-state index contributed by atoms with van der Waals surface area (Å²) in [6.07, 6.45) is 3.24. The minimum atomic E-state index is -1.08. The Hall–Kier alpha value is -2.50. The number of nitrogens with two attached hydrogens (primary N) is 1. The zero-order valence-electron chi connectivity index (χ0n) is 10.7. The molecule has 0 aliphatic carbocycles. The van der Waals surface area contributed by atoms with E-state index in [9.17, 15) is 9.59 Å². The van der Waals surface area contributed by atoms with Crippen LogP contribution >= 0.6 is 0 Å². The fourth-order valence-corrected chi connectivity index (χ4v) is 1.52. The number of carboxylic acid groups (broad SMARTS) is 1. The molecule has 0 aliphatic rings. The van der Waals surface area contributed by atoms with Gasteiger partial charge in [-0.3, -0.25) is 4.79 Å². The van der Waals surface area contributed by atoms with E-state index in [1.807, 2.05) is 0 Å². The molecule has 0 bridgehead atoms. The molecule has 0 saturated carbocycles. The number of rotatable bonds is 6. The second kappa shape index (κ2) is 6.44. The Morgan fingerprint density at radius 1 is 1.26 bits per heavy atom. The molecule has 19 heavy (non-hydrogen) atoms. The zero-order chi connectivity index (χ0) is 14.4. The van der Waals surface area contributed by atoms with E-state index in [1.54, 1.807) is 12.2 Å². The van der Waals surface area contributed by atoms with Gasteiger partial charge in [0.15, 0.2) is 0 Å². The van der Waals surface area contributed by atoms with Crippen molar-refractivity contribution in [1.82, 2.24) is 0 Å². The highest BCUT2D eigenvalue weighted by molar-refractivity contribution is 5.90. The van der Waals surface area contributed by atoms with Crippen LogP contribution in [0, 0.1) is 0 Å². The van der Waals surface area contributed by atoms with E-state index in [1.165, 1.54) is 26.4 Å². The van der Waals surface area contributed by atoms with Crippen molar-refractivity contribution in [1.29, 1.82) is 0 Å². The van der Waals surface area contributed by atoms with E-state index in [2.05, 4.69) is 0 Å². The summed E-state index contributed by atoms with van der Waals surface area (Å²) in [5.74, 6) is -0.851. The minimum absolute atomic E-state index is 0.0563. The quantitative estimate of drug-likeness (QED) is 0.807. The van der Waals surface area contributed by atoms with Crippen molar-refractivity contribution in [2.45, 2.75) is 6.42 Å². The zero-order valence-corrected chi connectivity index (χ0v) is 10.7. The van der Waals surface area contributed by atoms with Gasteiger partial charge in [0, 0.05) is 6.42 Å². The smallest absolute Gasteiger partial charge is 0.335 e. The van der Waals surface area contributed by atoms with Crippen molar-refractivity contribution in [3.8, 4) is 11.5 Å². The Bertz CT molecular complexity index is 497. The van der Waals surface area contributed by atoms with Gasteiger partial charge in [0.05, 0.1) is 25.3 Å². The predicted octanol–water partition coefficient (Wildman–Crippen LogP) is 1.29. The average Bonchev–Trinajstić information content (AvgIpc) is 2.37. The van der Waals surface area contributed by atoms with Crippen LogP contribution in [0.3, 0.4) is 0 Å². The van der Waals surface area contributed by atoms with Crippen LogP contribution in [0.4, 0.5) is 0 Å². The maximum Gasteiger partial charge on any atom is 0.335 e. The Morgan fingerprint density at radius 2 is 1.79 bits per heavy atom. The molecular formula is C13H15NO5. The Kier molecular flexibility index (Phi) is 4.93. The number of carbonyl (C=O) groups is 2. The molecule has 1 aromatic carbocycles. The van der Waals surface area contributed by atoms with Gasteiger partial charge in [-0.25, -0.2) is 4.79 Å². The van der Waals surface area contributed by atoms with Gasteiger partial charge in [-0.2, -0.15) is 0 Å². The van der Waals surface area contributed by atoms with Gasteiger partial charge in [-0.05, 0) is 12.1 Å². The van der Waals surface area contributed by atoms with Crippen molar-refractivity contribution in [3.63, 3.8) is 0 Å². The molecule has 0 heterocycles. The molecule has 0 radical (unpaired) electrons. The third kappa shape index (κ3) is 3.74. The number of hydrogen-bond donors (Lipinski definition) is 2. The van der Waals surface area contributed by atoms with E-state index < -0.39 is 11.9 Å². The van der Waals surface area contributed by atoms with Crippen LogP contribution < -0.4 is 15.2 Å². The molecule has 0 unspecified atom stereocenters. The van der Waals surface area contributed by atoms with Crippen molar-refractivity contribution >= 4 is 18.0 Å². The number of methoxy groups -OCH3 is 2. The van der Waals surface area contributed by atoms with Gasteiger partial charge < -0.3 is 20.3 Å². The van der Waals surface area contributed by atoms with Crippen molar-refractivity contribution < 1.29 is 24.2 Å². The molecule has 0 aromatic heterocycles. The standard InChI is InChI=1S/C13H15NO5/c1-18-10-6-8(13(16)17)7-11(19-2)9(10)4-3-5-12(14)15/h3-4,6-7H,5H2,1-2H3,(H2,14,15)(H,16,17). The van der Waals surface area contributed by atoms with Gasteiger partial charge in [-0.15, -0.1) is 0 Å². The number of primary amides is 1. The maximum atomic E-state index is 11.0. The van der Waals surface area contributed by atoms with Crippen LogP contribution in [0.25, 0.3) is 6.08 Å². The lowest BCUT2D eigenvalue weighted by Crippen LogP contribution is -2.08. The highest BCUT2D eigenvalue weighted by Gasteiger charge is 2.13. The summed E-state index contributed by atoms with van der Waals surface area (Å²) < 4.78 is 10.3. The molecule has 0 atom stereocenters. The minimum Gasteiger partial charge on any atom is -0.496 e. The highest BCUT2D eigenvalue weighted by atomic mass is 16.5. The lowest BCUT2D eigenvalue weighted by Gasteiger charge is -2.11. The number of benzene rings is 1. The molecular weight excluding hydrogens is 250 g/mol. The third-order valence-corrected chi connectivity index (χ3v) is 2.39. The number of carboxylic acids is 1. The summed E-state index contributed by atoms with van der Waals surface area (Å²) in [6.45, 7) is 0. The predicted molar refractivity (Wildman–Crippen MR) is 69.4 cm³/mol. The Morgan fingerprint density at radius 3 is 2.16 bits per heavy atom. The largest absolute Gasteiger partial charge is 0.496 e. The van der Waals surface area contributed by atoms with Crippen molar-refractivity contribution in [3.05, 3.63) is 29.3 Å². The van der Waals surface area contributed by atoms with Crippen LogP contribution in [0.5, 0.6) is 11.5 Å². The molecule has 0 aliphatic heterocycles. The fraction of sp³-hybridized carbons (Fsp3) is 0.231. The first kappa shape index (κ1) is 14.6. The Balaban J connectivity index is 3.24. The average molecular weight is 265 g/mol. The molecule has 0 fully saturated rings. The summed E-state index contributed by atoms with van der Waals surface area (Å²) in [7, 11) is 2.84. The first-order valence-electron chi connectivity index (χ1n) is 5.43. The van der Waals surface area contributed by atoms with Crippen LogP contribution in [-0.2, 0) is 4.79 Å². The number of carbonyl (C=O) groups excluding carboxylic acids is 1. The first-order chi connectivity index (χ1) is 8.99. The molecule has 1 aromatic rings. The molecule has 1 rings (SSSR count). The third-order valence-electron chi connectivity index (χ3n) is 2.39. The van der Waals surface area contributed by atoms with Crippen molar-refractivity contribution in [2.75, 3.05) is 14.2 Å². The fourth-order valence-electron chi connectivity index (χ4n) is 1.52. The van der Waals surface area contributed by atoms with Crippen molar-refractivity contribution in [2.24, 2.45) is 5.73 Å². The van der Waals surface area contributed by atoms with E-state index in [0.717, 1.165) is 0 Å². The van der Waals surface area contributed by atoms with Crippen LogP contribution in [-0.4, -0.2) is 31.2 Å². The van der Waals surface area contributed by atoms with Gasteiger partial charge in [0.1, 0.15) is 11.5 Å². The molecule has 102 valence electrons. The number of ether oxygens (including phenoxy) is 2. The van der Waals surface area contributed by atoms with E-state index in [4.69, 9.17) is 20.3 Å². The molecule has 1 amide bonds. The normalized spacial score (nSPS) is 10.4. The number of amides is 1. The van der Waals surface area contributed by atoms with Gasteiger partial charge in [-0.1, -0.05) is 12.2 Å². The molecule has 6 nitrogen and oxygen atoms in total. The SMILES string of the molecule is COc1cc(C(=O)O)cc(OC)c1C=CCC(N)=O. The molecule has 0 saturated heterocycles. The van der Waals surface area contributed by atoms with Crippen LogP contribution in [0.2, 0.25) is 0 Å². The summed E-state index contributed by atoms with van der Waals surface area (Å²) in [6, 6.07) is 2.77. The molecule has 6 heteroatoms. The van der Waals surface area contributed by atoms with Gasteiger partial charge >= 0.3 is 5.97 Å². The summed E-state index contributed by atoms with van der Waals surface area (Å²) in [5, 5.41) is 8.97. The van der Waals surface area contributed by atoms with Crippen LogP contribution in [0.15, 0.2) is 18.2 Å². The second-order valence-electron chi connectivity index (χ2n) is 3.67. The molecule has 0 spiro atoms. The topological polar surface area (TPSA) is 98.8 Å². The van der Waals surface area contributed by atoms with E-state index >= 15 is 0 Å². The first-order valence-corrected chi connectivity index (χ1v) is 5.43. The summed E-state index contributed by atoms with van der Waals surface area (Å²) in [5.41, 5.74) is 5.64. The number of hydrogen-bond acceptors (Lipinski definition) is 4. The second-order valence-corrected chi connectivity index (χ2v) is 3.67. The molecule has 3 N–H and O–H groups in total. The Labute approximate surface area is 110 Å². The lowest BCUT2D eigenvalue weighted by molar-refractivity contribution is -0.117. The van der Waals surface area contributed by atoms with Crippen LogP contribution in [0.1, 0.15) is 22.3 Å². The lowest BCUT2D eigenvalue weighted by atomic mass is 10.1. The van der Waals surface area contributed by atoms with Gasteiger partial charge in [0.25, 0.3) is 0 Å². The monoisotopic (exact) mass is 265 g/mol. The summed E-state index contributed by atoms with van der Waals surface area (Å²) >= 11 is 0. The highest BCUT2D eigenvalue weighted by Crippen LogP contribution is 2.31. The summed E-state index contributed by atoms with van der Waals surface area (Å²) in [4.78, 5) is 21.6. The van der Waals surface area contributed by atoms with Gasteiger partial charge in [0.2, 0.25) is 5.91 Å².